The molecule has 0 amide bonds. The molecule has 18 heavy (non-hydrogen) atoms. The fraction of sp³-hybridized carbons (Fsp3) is 1.00. The highest BCUT2D eigenvalue weighted by atomic mass is 16.5. The molecule has 0 aromatic carbocycles. The third kappa shape index (κ3) is 13.9. The lowest BCUT2D eigenvalue weighted by Crippen LogP contribution is -2.31. The van der Waals surface area contributed by atoms with Gasteiger partial charge >= 0.3 is 0 Å². The molecule has 0 heterocycles. The minimum absolute atomic E-state index is 0.412. The summed E-state index contributed by atoms with van der Waals surface area (Å²) >= 11 is 0. The molecule has 4 nitrogen and oxygen atoms in total. The zero-order valence-corrected chi connectivity index (χ0v) is 12.4. The molecule has 0 rings (SSSR count). The summed E-state index contributed by atoms with van der Waals surface area (Å²) in [5.74, 6) is 1.11. The summed E-state index contributed by atoms with van der Waals surface area (Å²) in [6.07, 6.45) is 0.562. The molecule has 110 valence electrons. The number of rotatable bonds is 12. The van der Waals surface area contributed by atoms with Gasteiger partial charge in [0.2, 0.25) is 0 Å². The molecule has 0 radical (unpaired) electrons. The van der Waals surface area contributed by atoms with Crippen molar-refractivity contribution in [3.8, 4) is 0 Å². The lowest BCUT2D eigenvalue weighted by atomic mass is 10.2. The van der Waals surface area contributed by atoms with E-state index in [-0.39, 0.29) is 0 Å². The van der Waals surface area contributed by atoms with E-state index < -0.39 is 6.10 Å². The second kappa shape index (κ2) is 11.9. The Hall–Kier alpha value is -0.160. The molecule has 1 unspecified atom stereocenters. The van der Waals surface area contributed by atoms with Crippen molar-refractivity contribution < 1.29 is 14.6 Å². The van der Waals surface area contributed by atoms with Crippen molar-refractivity contribution in [1.29, 1.82) is 0 Å². The Balaban J connectivity index is 3.17. The monoisotopic (exact) mass is 261 g/mol. The van der Waals surface area contributed by atoms with Gasteiger partial charge in [0, 0.05) is 26.4 Å². The van der Waals surface area contributed by atoms with Crippen molar-refractivity contribution >= 4 is 0 Å². The Morgan fingerprint density at radius 2 is 1.56 bits per heavy atom. The highest BCUT2D eigenvalue weighted by Crippen LogP contribution is 1.94. The van der Waals surface area contributed by atoms with Gasteiger partial charge in [-0.3, -0.25) is 0 Å². The van der Waals surface area contributed by atoms with Crippen LogP contribution in [0.3, 0.4) is 0 Å². The molecule has 4 heteroatoms. The molecule has 0 saturated heterocycles. The van der Waals surface area contributed by atoms with E-state index in [0.29, 0.717) is 31.6 Å². The van der Waals surface area contributed by atoms with E-state index >= 15 is 0 Å². The fourth-order valence-electron chi connectivity index (χ4n) is 1.39. The standard InChI is InChI=1S/C14H31NO3/c1-12(2)9-17-7-5-6-15-8-14(16)11-18-10-13(3)4/h12-16H,5-11H2,1-4H3. The molecular weight excluding hydrogens is 230 g/mol. The van der Waals surface area contributed by atoms with Gasteiger partial charge in [0.25, 0.3) is 0 Å². The van der Waals surface area contributed by atoms with Gasteiger partial charge in [0.1, 0.15) is 0 Å². The van der Waals surface area contributed by atoms with Crippen LogP contribution in [0.1, 0.15) is 34.1 Å². The molecule has 0 aromatic rings. The van der Waals surface area contributed by atoms with Crippen molar-refractivity contribution in [2.75, 3.05) is 39.5 Å². The topological polar surface area (TPSA) is 50.7 Å². The minimum atomic E-state index is -0.416. The van der Waals surface area contributed by atoms with Crippen molar-refractivity contribution in [3.63, 3.8) is 0 Å². The number of hydrogen-bond donors (Lipinski definition) is 2. The molecule has 0 spiro atoms. The van der Waals surface area contributed by atoms with Crippen LogP contribution in [0.25, 0.3) is 0 Å². The number of aliphatic hydroxyl groups is 1. The van der Waals surface area contributed by atoms with Gasteiger partial charge in [-0.1, -0.05) is 27.7 Å². The van der Waals surface area contributed by atoms with Gasteiger partial charge in [-0.25, -0.2) is 0 Å². The summed E-state index contributed by atoms with van der Waals surface area (Å²) in [6, 6.07) is 0. The number of aliphatic hydroxyl groups excluding tert-OH is 1. The van der Waals surface area contributed by atoms with Crippen molar-refractivity contribution in [1.82, 2.24) is 5.32 Å². The van der Waals surface area contributed by atoms with Gasteiger partial charge in [-0.15, -0.1) is 0 Å². The van der Waals surface area contributed by atoms with Crippen LogP contribution in [0, 0.1) is 11.8 Å². The van der Waals surface area contributed by atoms with E-state index in [1.807, 2.05) is 0 Å². The second-order valence-corrected chi connectivity index (χ2v) is 5.61. The quantitative estimate of drug-likeness (QED) is 0.525. The van der Waals surface area contributed by atoms with Gasteiger partial charge in [0.05, 0.1) is 12.7 Å². The van der Waals surface area contributed by atoms with Crippen LogP contribution in [0.2, 0.25) is 0 Å². The van der Waals surface area contributed by atoms with E-state index in [2.05, 4.69) is 33.0 Å². The SMILES string of the molecule is CC(C)COCCCNCC(O)COCC(C)C. The number of hydrogen-bond acceptors (Lipinski definition) is 4. The Morgan fingerprint density at radius 1 is 0.944 bits per heavy atom. The van der Waals surface area contributed by atoms with Crippen LogP contribution in [-0.4, -0.2) is 50.7 Å². The third-order valence-electron chi connectivity index (χ3n) is 2.23. The Bertz CT molecular complexity index is 174. The van der Waals surface area contributed by atoms with Crippen LogP contribution >= 0.6 is 0 Å². The molecule has 1 atom stereocenters. The highest BCUT2D eigenvalue weighted by molar-refractivity contribution is 4.58. The van der Waals surface area contributed by atoms with Crippen molar-refractivity contribution in [3.05, 3.63) is 0 Å². The minimum Gasteiger partial charge on any atom is -0.389 e. The molecule has 0 aliphatic heterocycles. The average Bonchev–Trinajstić information content (AvgIpc) is 2.26. The third-order valence-corrected chi connectivity index (χ3v) is 2.23. The normalized spacial score (nSPS) is 13.5. The lowest BCUT2D eigenvalue weighted by molar-refractivity contribution is 0.0258. The van der Waals surface area contributed by atoms with Gasteiger partial charge < -0.3 is 19.9 Å². The van der Waals surface area contributed by atoms with Crippen molar-refractivity contribution in [2.24, 2.45) is 11.8 Å². The largest absolute Gasteiger partial charge is 0.389 e. The predicted molar refractivity (Wildman–Crippen MR) is 74.8 cm³/mol. The summed E-state index contributed by atoms with van der Waals surface area (Å²) in [6.45, 7) is 12.7. The zero-order valence-electron chi connectivity index (χ0n) is 12.4. The van der Waals surface area contributed by atoms with Crippen LogP contribution in [0.5, 0.6) is 0 Å². The first-order chi connectivity index (χ1) is 8.52. The Morgan fingerprint density at radius 3 is 2.17 bits per heavy atom. The van der Waals surface area contributed by atoms with Gasteiger partial charge in [0.15, 0.2) is 0 Å². The zero-order chi connectivity index (χ0) is 13.8. The van der Waals surface area contributed by atoms with Crippen molar-refractivity contribution in [2.45, 2.75) is 40.2 Å². The molecule has 0 fully saturated rings. The lowest BCUT2D eigenvalue weighted by Gasteiger charge is -2.13. The van der Waals surface area contributed by atoms with E-state index in [9.17, 15) is 5.11 Å². The number of ether oxygens (including phenoxy) is 2. The fourth-order valence-corrected chi connectivity index (χ4v) is 1.39. The second-order valence-electron chi connectivity index (χ2n) is 5.61. The molecule has 0 aliphatic rings. The van der Waals surface area contributed by atoms with Gasteiger partial charge in [-0.05, 0) is 24.8 Å². The Labute approximate surface area is 112 Å². The first-order valence-corrected chi connectivity index (χ1v) is 7.06. The average molecular weight is 261 g/mol. The van der Waals surface area contributed by atoms with E-state index in [0.717, 1.165) is 26.2 Å². The predicted octanol–water partition coefficient (Wildman–Crippen LogP) is 1.67. The maximum atomic E-state index is 9.62. The maximum Gasteiger partial charge on any atom is 0.0897 e. The molecule has 0 bridgehead atoms. The van der Waals surface area contributed by atoms with Crippen LogP contribution in [-0.2, 0) is 9.47 Å². The smallest absolute Gasteiger partial charge is 0.0897 e. The molecule has 0 aromatic heterocycles. The van der Waals surface area contributed by atoms with Crippen LogP contribution < -0.4 is 5.32 Å². The first kappa shape index (κ1) is 17.8. The van der Waals surface area contributed by atoms with E-state index in [1.165, 1.54) is 0 Å². The maximum absolute atomic E-state index is 9.62. The first-order valence-electron chi connectivity index (χ1n) is 7.06. The molecule has 0 saturated carbocycles. The van der Waals surface area contributed by atoms with Crippen LogP contribution in [0.15, 0.2) is 0 Å². The Kier molecular flexibility index (Phi) is 11.8. The molecular formula is C14H31NO3. The summed E-state index contributed by atoms with van der Waals surface area (Å²) in [5.41, 5.74) is 0. The summed E-state index contributed by atoms with van der Waals surface area (Å²) < 4.78 is 10.8. The molecule has 0 aliphatic carbocycles. The van der Waals surface area contributed by atoms with Gasteiger partial charge in [-0.2, -0.15) is 0 Å². The van der Waals surface area contributed by atoms with E-state index in [4.69, 9.17) is 9.47 Å². The summed E-state index contributed by atoms with van der Waals surface area (Å²) in [4.78, 5) is 0. The highest BCUT2D eigenvalue weighted by Gasteiger charge is 2.04. The summed E-state index contributed by atoms with van der Waals surface area (Å²) in [5, 5.41) is 12.8. The van der Waals surface area contributed by atoms with E-state index in [1.54, 1.807) is 0 Å². The molecule has 2 N–H and O–H groups in total. The van der Waals surface area contributed by atoms with Crippen LogP contribution in [0.4, 0.5) is 0 Å². The number of nitrogens with one attached hydrogen (secondary N) is 1. The summed E-state index contributed by atoms with van der Waals surface area (Å²) in [7, 11) is 0.